The maximum absolute atomic E-state index is 11.9. The van der Waals surface area contributed by atoms with Gasteiger partial charge in [-0.25, -0.2) is 4.79 Å². The third kappa shape index (κ3) is 4.76. The van der Waals surface area contributed by atoms with E-state index in [4.69, 9.17) is 4.74 Å². The van der Waals surface area contributed by atoms with Crippen molar-refractivity contribution in [1.29, 1.82) is 0 Å². The predicted octanol–water partition coefficient (Wildman–Crippen LogP) is 2.55. The Kier molecular flexibility index (Phi) is 5.81. The second-order valence-corrected chi connectivity index (χ2v) is 5.83. The smallest absolute Gasteiger partial charge is 0.337 e. The number of esters is 1. The second kappa shape index (κ2) is 7.82. The lowest BCUT2D eigenvalue weighted by molar-refractivity contribution is -0.124. The molecule has 5 nitrogen and oxygen atoms in total. The van der Waals surface area contributed by atoms with Gasteiger partial charge in [0.05, 0.1) is 12.7 Å². The molecule has 120 valence electrons. The molecule has 1 saturated carbocycles. The van der Waals surface area contributed by atoms with Crippen molar-refractivity contribution in [2.45, 2.75) is 38.6 Å². The summed E-state index contributed by atoms with van der Waals surface area (Å²) < 4.78 is 10.1. The summed E-state index contributed by atoms with van der Waals surface area (Å²) in [6.45, 7) is 2.24. The molecule has 0 saturated heterocycles. The molecule has 0 bridgehead atoms. The largest absolute Gasteiger partial charge is 0.484 e. The summed E-state index contributed by atoms with van der Waals surface area (Å²) in [6.07, 6.45) is 4.42. The van der Waals surface area contributed by atoms with Gasteiger partial charge in [0, 0.05) is 6.04 Å². The Morgan fingerprint density at radius 2 is 1.77 bits per heavy atom. The summed E-state index contributed by atoms with van der Waals surface area (Å²) in [7, 11) is 1.34. The fourth-order valence-corrected chi connectivity index (χ4v) is 2.63. The SMILES string of the molecule is COC(=O)c1ccc(OCC(=O)NC2CCC(C)CC2)cc1. The van der Waals surface area contributed by atoms with E-state index in [1.165, 1.54) is 20.0 Å². The lowest BCUT2D eigenvalue weighted by Crippen LogP contribution is -2.39. The van der Waals surface area contributed by atoms with Crippen LogP contribution in [0.5, 0.6) is 5.75 Å². The number of hydrogen-bond donors (Lipinski definition) is 1. The van der Waals surface area contributed by atoms with Gasteiger partial charge in [-0.15, -0.1) is 0 Å². The minimum atomic E-state index is -0.393. The molecular weight excluding hydrogens is 282 g/mol. The third-order valence-corrected chi connectivity index (χ3v) is 4.03. The Morgan fingerprint density at radius 3 is 2.36 bits per heavy atom. The first-order valence-electron chi connectivity index (χ1n) is 7.69. The molecule has 0 radical (unpaired) electrons. The van der Waals surface area contributed by atoms with Crippen LogP contribution in [0.4, 0.5) is 0 Å². The highest BCUT2D eigenvalue weighted by Crippen LogP contribution is 2.23. The molecule has 0 unspecified atom stereocenters. The minimum Gasteiger partial charge on any atom is -0.484 e. The second-order valence-electron chi connectivity index (χ2n) is 5.83. The standard InChI is InChI=1S/C17H23NO4/c1-12-3-7-14(8-4-12)18-16(19)11-22-15-9-5-13(6-10-15)17(20)21-2/h5-6,9-10,12,14H,3-4,7-8,11H2,1-2H3,(H,18,19). The Balaban J connectivity index is 1.75. The Labute approximate surface area is 131 Å². The van der Waals surface area contributed by atoms with Crippen LogP contribution in [0.1, 0.15) is 43.0 Å². The maximum Gasteiger partial charge on any atom is 0.337 e. The first-order chi connectivity index (χ1) is 10.6. The van der Waals surface area contributed by atoms with Gasteiger partial charge in [0.2, 0.25) is 0 Å². The number of methoxy groups -OCH3 is 1. The van der Waals surface area contributed by atoms with Crippen molar-refractivity contribution in [2.24, 2.45) is 5.92 Å². The molecule has 1 N–H and O–H groups in total. The van der Waals surface area contributed by atoms with E-state index in [1.54, 1.807) is 24.3 Å². The number of nitrogens with one attached hydrogen (secondary N) is 1. The van der Waals surface area contributed by atoms with E-state index in [9.17, 15) is 9.59 Å². The summed E-state index contributed by atoms with van der Waals surface area (Å²) in [6, 6.07) is 6.81. The van der Waals surface area contributed by atoms with Crippen molar-refractivity contribution < 1.29 is 19.1 Å². The first-order valence-corrected chi connectivity index (χ1v) is 7.69. The zero-order chi connectivity index (χ0) is 15.9. The number of amides is 1. The van der Waals surface area contributed by atoms with Crippen LogP contribution in [-0.2, 0) is 9.53 Å². The van der Waals surface area contributed by atoms with Crippen molar-refractivity contribution in [3.63, 3.8) is 0 Å². The normalized spacial score (nSPS) is 21.0. The number of carbonyl (C=O) groups is 2. The molecule has 1 aromatic carbocycles. The van der Waals surface area contributed by atoms with E-state index in [-0.39, 0.29) is 18.6 Å². The highest BCUT2D eigenvalue weighted by Gasteiger charge is 2.19. The van der Waals surface area contributed by atoms with Crippen LogP contribution in [-0.4, -0.2) is 31.6 Å². The molecule has 1 aliphatic carbocycles. The topological polar surface area (TPSA) is 64.6 Å². The minimum absolute atomic E-state index is 0.0103. The van der Waals surface area contributed by atoms with Gasteiger partial charge in [-0.05, 0) is 55.9 Å². The third-order valence-electron chi connectivity index (χ3n) is 4.03. The lowest BCUT2D eigenvalue weighted by atomic mass is 9.87. The fourth-order valence-electron chi connectivity index (χ4n) is 2.63. The highest BCUT2D eigenvalue weighted by molar-refractivity contribution is 5.89. The molecule has 0 aromatic heterocycles. The van der Waals surface area contributed by atoms with E-state index in [1.807, 2.05) is 0 Å². The van der Waals surface area contributed by atoms with E-state index in [2.05, 4.69) is 17.0 Å². The van der Waals surface area contributed by atoms with Gasteiger partial charge >= 0.3 is 5.97 Å². The van der Waals surface area contributed by atoms with Crippen molar-refractivity contribution in [2.75, 3.05) is 13.7 Å². The summed E-state index contributed by atoms with van der Waals surface area (Å²) in [4.78, 5) is 23.2. The summed E-state index contributed by atoms with van der Waals surface area (Å²) in [5.41, 5.74) is 0.454. The van der Waals surface area contributed by atoms with Gasteiger partial charge in [-0.1, -0.05) is 6.92 Å². The van der Waals surface area contributed by atoms with Gasteiger partial charge < -0.3 is 14.8 Å². The van der Waals surface area contributed by atoms with Crippen molar-refractivity contribution in [1.82, 2.24) is 5.32 Å². The number of ether oxygens (including phenoxy) is 2. The maximum atomic E-state index is 11.9. The predicted molar refractivity (Wildman–Crippen MR) is 82.8 cm³/mol. The monoisotopic (exact) mass is 305 g/mol. The number of rotatable bonds is 5. The van der Waals surface area contributed by atoms with Gasteiger partial charge in [-0.3, -0.25) is 4.79 Å². The van der Waals surface area contributed by atoms with Gasteiger partial charge in [0.1, 0.15) is 5.75 Å². The number of benzene rings is 1. The fraction of sp³-hybridized carbons (Fsp3) is 0.529. The quantitative estimate of drug-likeness (QED) is 0.849. The number of carbonyl (C=O) groups excluding carboxylic acids is 2. The van der Waals surface area contributed by atoms with Crippen LogP contribution in [0.25, 0.3) is 0 Å². The van der Waals surface area contributed by atoms with E-state index >= 15 is 0 Å². The summed E-state index contributed by atoms with van der Waals surface area (Å²) in [5, 5.41) is 3.01. The molecule has 0 spiro atoms. The van der Waals surface area contributed by atoms with Crippen molar-refractivity contribution >= 4 is 11.9 Å². The van der Waals surface area contributed by atoms with Crippen molar-refractivity contribution in [3.05, 3.63) is 29.8 Å². The van der Waals surface area contributed by atoms with Crippen LogP contribution in [0.3, 0.4) is 0 Å². The summed E-state index contributed by atoms with van der Waals surface area (Å²) in [5.74, 6) is 0.824. The van der Waals surface area contributed by atoms with Gasteiger partial charge in [-0.2, -0.15) is 0 Å². The molecule has 22 heavy (non-hydrogen) atoms. The van der Waals surface area contributed by atoms with Crippen LogP contribution in [0, 0.1) is 5.92 Å². The van der Waals surface area contributed by atoms with E-state index in [0.29, 0.717) is 11.3 Å². The Hall–Kier alpha value is -2.04. The van der Waals surface area contributed by atoms with Crippen LogP contribution >= 0.6 is 0 Å². The zero-order valence-corrected chi connectivity index (χ0v) is 13.1. The van der Waals surface area contributed by atoms with Gasteiger partial charge in [0.15, 0.2) is 6.61 Å². The molecule has 1 fully saturated rings. The molecular formula is C17H23NO4. The Morgan fingerprint density at radius 1 is 1.14 bits per heavy atom. The van der Waals surface area contributed by atoms with Crippen LogP contribution in [0.2, 0.25) is 0 Å². The molecule has 2 rings (SSSR count). The van der Waals surface area contributed by atoms with E-state index in [0.717, 1.165) is 18.8 Å². The van der Waals surface area contributed by atoms with Crippen LogP contribution < -0.4 is 10.1 Å². The molecule has 0 atom stereocenters. The van der Waals surface area contributed by atoms with Crippen molar-refractivity contribution in [3.8, 4) is 5.75 Å². The van der Waals surface area contributed by atoms with E-state index < -0.39 is 5.97 Å². The average Bonchev–Trinajstić information content (AvgIpc) is 2.55. The average molecular weight is 305 g/mol. The van der Waals surface area contributed by atoms with Gasteiger partial charge in [0.25, 0.3) is 5.91 Å². The molecule has 0 aliphatic heterocycles. The Bertz CT molecular complexity index is 504. The molecule has 0 heterocycles. The highest BCUT2D eigenvalue weighted by atomic mass is 16.5. The molecule has 1 amide bonds. The van der Waals surface area contributed by atoms with Crippen LogP contribution in [0.15, 0.2) is 24.3 Å². The molecule has 1 aromatic rings. The molecule has 1 aliphatic rings. The lowest BCUT2D eigenvalue weighted by Gasteiger charge is -2.26. The first kappa shape index (κ1) is 16.3. The number of hydrogen-bond acceptors (Lipinski definition) is 4. The zero-order valence-electron chi connectivity index (χ0n) is 13.1. The molecule has 5 heteroatoms. The summed E-state index contributed by atoms with van der Waals surface area (Å²) >= 11 is 0.